The number of likely N-dealkylation sites (N-methyl/N-ethyl adjacent to an activating group) is 1. The van der Waals surface area contributed by atoms with Crippen LogP contribution in [0.15, 0.2) is 42.5 Å². The number of benzene rings is 2. The van der Waals surface area contributed by atoms with Crippen LogP contribution in [0.25, 0.3) is 10.8 Å². The second-order valence-electron chi connectivity index (χ2n) is 5.66. The predicted molar refractivity (Wildman–Crippen MR) is 92.1 cm³/mol. The molecule has 0 unspecified atom stereocenters. The summed E-state index contributed by atoms with van der Waals surface area (Å²) >= 11 is 0. The van der Waals surface area contributed by atoms with E-state index in [4.69, 9.17) is 0 Å². The SMILES string of the molecule is CCCNC(=O)NC(=O)CN(C)Cc1ccc2ccccc2c1. The first-order valence-electron chi connectivity index (χ1n) is 7.82. The van der Waals surface area contributed by atoms with Crippen LogP contribution in [0.2, 0.25) is 0 Å². The van der Waals surface area contributed by atoms with Crippen molar-refractivity contribution in [2.75, 3.05) is 20.1 Å². The minimum Gasteiger partial charge on any atom is -0.338 e. The molecule has 2 rings (SSSR count). The average Bonchev–Trinajstić information content (AvgIpc) is 2.52. The summed E-state index contributed by atoms with van der Waals surface area (Å²) in [6.45, 7) is 3.34. The lowest BCUT2D eigenvalue weighted by Gasteiger charge is -2.16. The standard InChI is InChI=1S/C18H23N3O2/c1-3-10-19-18(23)20-17(22)13-21(2)12-14-8-9-15-6-4-5-7-16(15)11-14/h4-9,11H,3,10,12-13H2,1-2H3,(H2,19,20,22,23). The molecule has 0 heterocycles. The summed E-state index contributed by atoms with van der Waals surface area (Å²) in [5, 5.41) is 7.33. The van der Waals surface area contributed by atoms with Crippen molar-refractivity contribution < 1.29 is 9.59 Å². The highest BCUT2D eigenvalue weighted by Crippen LogP contribution is 2.16. The molecular formula is C18H23N3O2. The van der Waals surface area contributed by atoms with Crippen molar-refractivity contribution in [1.29, 1.82) is 0 Å². The largest absolute Gasteiger partial charge is 0.338 e. The third-order valence-corrected chi connectivity index (χ3v) is 3.47. The van der Waals surface area contributed by atoms with Gasteiger partial charge in [0.05, 0.1) is 6.54 Å². The molecule has 2 aromatic carbocycles. The van der Waals surface area contributed by atoms with E-state index in [0.29, 0.717) is 13.1 Å². The van der Waals surface area contributed by atoms with Crippen LogP contribution in [0, 0.1) is 0 Å². The van der Waals surface area contributed by atoms with Crippen LogP contribution in [0.5, 0.6) is 0 Å². The lowest BCUT2D eigenvalue weighted by atomic mass is 10.1. The molecule has 5 nitrogen and oxygen atoms in total. The Bertz CT molecular complexity index is 685. The topological polar surface area (TPSA) is 61.4 Å². The molecule has 2 N–H and O–H groups in total. The van der Waals surface area contributed by atoms with Crippen molar-refractivity contribution in [3.05, 3.63) is 48.0 Å². The molecule has 122 valence electrons. The van der Waals surface area contributed by atoms with Crippen molar-refractivity contribution in [2.24, 2.45) is 0 Å². The second-order valence-corrected chi connectivity index (χ2v) is 5.66. The second kappa shape index (κ2) is 8.29. The predicted octanol–water partition coefficient (Wildman–Crippen LogP) is 2.51. The number of carbonyl (C=O) groups is 2. The Morgan fingerprint density at radius 3 is 2.57 bits per heavy atom. The molecule has 2 aromatic rings. The maximum atomic E-state index is 11.8. The van der Waals surface area contributed by atoms with Gasteiger partial charge in [-0.2, -0.15) is 0 Å². The van der Waals surface area contributed by atoms with E-state index in [2.05, 4.69) is 41.0 Å². The van der Waals surface area contributed by atoms with Gasteiger partial charge in [-0.05, 0) is 35.9 Å². The Kier molecular flexibility index (Phi) is 6.11. The number of hydrogen-bond acceptors (Lipinski definition) is 3. The smallest absolute Gasteiger partial charge is 0.321 e. The highest BCUT2D eigenvalue weighted by Gasteiger charge is 2.10. The van der Waals surface area contributed by atoms with Crippen LogP contribution in [-0.4, -0.2) is 37.0 Å². The van der Waals surface area contributed by atoms with Crippen LogP contribution in [0.1, 0.15) is 18.9 Å². The first-order chi connectivity index (χ1) is 11.1. The molecule has 0 atom stereocenters. The monoisotopic (exact) mass is 313 g/mol. The zero-order chi connectivity index (χ0) is 16.7. The minimum atomic E-state index is -0.434. The molecule has 0 aliphatic carbocycles. The maximum absolute atomic E-state index is 11.8. The van der Waals surface area contributed by atoms with Gasteiger partial charge in [-0.3, -0.25) is 15.0 Å². The molecule has 0 bridgehead atoms. The van der Waals surface area contributed by atoms with Gasteiger partial charge in [-0.1, -0.05) is 43.3 Å². The lowest BCUT2D eigenvalue weighted by molar-refractivity contribution is -0.120. The van der Waals surface area contributed by atoms with E-state index in [1.807, 2.05) is 31.0 Å². The van der Waals surface area contributed by atoms with E-state index < -0.39 is 6.03 Å². The number of urea groups is 1. The summed E-state index contributed by atoms with van der Waals surface area (Å²) in [4.78, 5) is 25.1. The molecule has 5 heteroatoms. The Labute approximate surface area is 136 Å². The number of imide groups is 1. The molecular weight excluding hydrogens is 290 g/mol. The lowest BCUT2D eigenvalue weighted by Crippen LogP contribution is -2.43. The summed E-state index contributed by atoms with van der Waals surface area (Å²) in [5.74, 6) is -0.304. The highest BCUT2D eigenvalue weighted by molar-refractivity contribution is 5.95. The minimum absolute atomic E-state index is 0.173. The number of amides is 3. The summed E-state index contributed by atoms with van der Waals surface area (Å²) in [6.07, 6.45) is 0.837. The van der Waals surface area contributed by atoms with Crippen LogP contribution in [-0.2, 0) is 11.3 Å². The number of rotatable bonds is 6. The Balaban J connectivity index is 1.86. The van der Waals surface area contributed by atoms with Crippen molar-refractivity contribution in [3.8, 4) is 0 Å². The summed E-state index contributed by atoms with van der Waals surface area (Å²) in [7, 11) is 1.86. The average molecular weight is 313 g/mol. The molecule has 0 saturated carbocycles. The zero-order valence-corrected chi connectivity index (χ0v) is 13.6. The van der Waals surface area contributed by atoms with Crippen molar-refractivity contribution >= 4 is 22.7 Å². The van der Waals surface area contributed by atoms with Gasteiger partial charge in [0, 0.05) is 13.1 Å². The number of hydrogen-bond donors (Lipinski definition) is 2. The number of nitrogens with one attached hydrogen (secondary N) is 2. The van der Waals surface area contributed by atoms with Crippen LogP contribution in [0.3, 0.4) is 0 Å². The van der Waals surface area contributed by atoms with Gasteiger partial charge in [0.2, 0.25) is 5.91 Å². The Hall–Kier alpha value is -2.40. The third kappa shape index (κ3) is 5.38. The Morgan fingerprint density at radius 2 is 1.83 bits per heavy atom. The zero-order valence-electron chi connectivity index (χ0n) is 13.6. The van der Waals surface area contributed by atoms with Gasteiger partial charge >= 0.3 is 6.03 Å². The van der Waals surface area contributed by atoms with Gasteiger partial charge in [0.25, 0.3) is 0 Å². The molecule has 0 aliphatic heterocycles. The molecule has 0 aliphatic rings. The van der Waals surface area contributed by atoms with E-state index in [9.17, 15) is 9.59 Å². The molecule has 3 amide bonds. The van der Waals surface area contributed by atoms with Crippen LogP contribution < -0.4 is 10.6 Å². The maximum Gasteiger partial charge on any atom is 0.321 e. The number of fused-ring (bicyclic) bond motifs is 1. The van der Waals surface area contributed by atoms with E-state index in [1.54, 1.807) is 0 Å². The molecule has 23 heavy (non-hydrogen) atoms. The quantitative estimate of drug-likeness (QED) is 0.861. The fourth-order valence-corrected chi connectivity index (χ4v) is 2.40. The van der Waals surface area contributed by atoms with E-state index in [0.717, 1.165) is 12.0 Å². The van der Waals surface area contributed by atoms with Gasteiger partial charge in [0.15, 0.2) is 0 Å². The fraction of sp³-hybridized carbons (Fsp3) is 0.333. The van der Waals surface area contributed by atoms with Gasteiger partial charge in [-0.15, -0.1) is 0 Å². The first kappa shape index (κ1) is 17.0. The van der Waals surface area contributed by atoms with Crippen molar-refractivity contribution in [2.45, 2.75) is 19.9 Å². The molecule has 0 fully saturated rings. The number of nitrogens with zero attached hydrogens (tertiary/aromatic N) is 1. The first-order valence-corrected chi connectivity index (χ1v) is 7.82. The van der Waals surface area contributed by atoms with Crippen LogP contribution >= 0.6 is 0 Å². The van der Waals surface area contributed by atoms with Crippen molar-refractivity contribution in [1.82, 2.24) is 15.5 Å². The van der Waals surface area contributed by atoms with Gasteiger partial charge < -0.3 is 5.32 Å². The third-order valence-electron chi connectivity index (χ3n) is 3.47. The molecule has 0 radical (unpaired) electrons. The molecule has 0 spiro atoms. The normalized spacial score (nSPS) is 10.7. The fourth-order valence-electron chi connectivity index (χ4n) is 2.40. The number of carbonyl (C=O) groups excluding carboxylic acids is 2. The molecule has 0 saturated heterocycles. The van der Waals surface area contributed by atoms with Gasteiger partial charge in [-0.25, -0.2) is 4.79 Å². The molecule has 0 aromatic heterocycles. The summed E-state index contributed by atoms with van der Waals surface area (Å²) < 4.78 is 0. The highest BCUT2D eigenvalue weighted by atomic mass is 16.2. The van der Waals surface area contributed by atoms with E-state index in [-0.39, 0.29) is 12.5 Å². The van der Waals surface area contributed by atoms with Crippen LogP contribution in [0.4, 0.5) is 4.79 Å². The Morgan fingerprint density at radius 1 is 1.09 bits per heavy atom. The van der Waals surface area contributed by atoms with E-state index in [1.165, 1.54) is 10.8 Å². The van der Waals surface area contributed by atoms with E-state index >= 15 is 0 Å². The van der Waals surface area contributed by atoms with Gasteiger partial charge in [0.1, 0.15) is 0 Å². The summed E-state index contributed by atoms with van der Waals surface area (Å²) in [5.41, 5.74) is 1.13. The summed E-state index contributed by atoms with van der Waals surface area (Å²) in [6, 6.07) is 14.0. The van der Waals surface area contributed by atoms with Crippen molar-refractivity contribution in [3.63, 3.8) is 0 Å².